The molecule has 0 saturated heterocycles. The molecule has 7 heteroatoms. The van der Waals surface area contributed by atoms with Gasteiger partial charge < -0.3 is 15.6 Å². The van der Waals surface area contributed by atoms with Gasteiger partial charge in [0.25, 0.3) is 5.91 Å². The molecular formula is C18H20FN5O. The number of nitrogens with zero attached hydrogens (tertiary/aromatic N) is 2. The van der Waals surface area contributed by atoms with Gasteiger partial charge in [-0.2, -0.15) is 0 Å². The number of halogens is 1. The summed E-state index contributed by atoms with van der Waals surface area (Å²) < 4.78 is 13.3. The van der Waals surface area contributed by atoms with Crippen molar-refractivity contribution in [3.63, 3.8) is 0 Å². The van der Waals surface area contributed by atoms with Gasteiger partial charge >= 0.3 is 0 Å². The molecule has 0 aliphatic carbocycles. The van der Waals surface area contributed by atoms with Crippen LogP contribution in [0.2, 0.25) is 0 Å². The smallest absolute Gasteiger partial charge is 0.272 e. The summed E-state index contributed by atoms with van der Waals surface area (Å²) in [5.41, 5.74) is 1.46. The minimum absolute atomic E-state index is 0.232. The number of aromatic nitrogens is 3. The number of fused-ring (bicyclic) bond motifs is 1. The molecule has 0 radical (unpaired) electrons. The van der Waals surface area contributed by atoms with Crippen LogP contribution in [-0.4, -0.2) is 27.4 Å². The first-order valence-electron chi connectivity index (χ1n) is 8.31. The Hall–Kier alpha value is -2.96. The molecule has 1 amide bonds. The summed E-state index contributed by atoms with van der Waals surface area (Å²) in [6, 6.07) is 4.98. The van der Waals surface area contributed by atoms with Crippen molar-refractivity contribution in [2.75, 3.05) is 11.9 Å². The van der Waals surface area contributed by atoms with Crippen molar-refractivity contribution in [3.8, 4) is 0 Å². The zero-order chi connectivity index (χ0) is 17.6. The third-order valence-electron chi connectivity index (χ3n) is 3.80. The second-order valence-electron chi connectivity index (χ2n) is 5.78. The topological polar surface area (TPSA) is 82.7 Å². The Balaban J connectivity index is 1.84. The number of carbonyl (C=O) groups excluding carboxylic acids is 1. The molecule has 0 saturated carbocycles. The lowest BCUT2D eigenvalue weighted by Crippen LogP contribution is -2.25. The fourth-order valence-corrected chi connectivity index (χ4v) is 2.58. The van der Waals surface area contributed by atoms with E-state index in [0.717, 1.165) is 30.8 Å². The zero-order valence-electron chi connectivity index (χ0n) is 14.0. The molecule has 25 heavy (non-hydrogen) atoms. The van der Waals surface area contributed by atoms with E-state index in [-0.39, 0.29) is 5.91 Å². The summed E-state index contributed by atoms with van der Waals surface area (Å²) in [5, 5.41) is 6.73. The normalized spacial score (nSPS) is 10.8. The van der Waals surface area contributed by atoms with Gasteiger partial charge in [-0.3, -0.25) is 9.78 Å². The molecule has 3 aromatic heterocycles. The summed E-state index contributed by atoms with van der Waals surface area (Å²) in [5.74, 6) is -0.218. The van der Waals surface area contributed by atoms with Gasteiger partial charge in [0.2, 0.25) is 0 Å². The van der Waals surface area contributed by atoms with Gasteiger partial charge in [-0.1, -0.05) is 19.8 Å². The van der Waals surface area contributed by atoms with Crippen LogP contribution in [0, 0.1) is 5.82 Å². The minimum Gasteiger partial charge on any atom is -0.359 e. The number of carbonyl (C=O) groups is 1. The second-order valence-corrected chi connectivity index (χ2v) is 5.78. The molecule has 3 rings (SSSR count). The van der Waals surface area contributed by atoms with Gasteiger partial charge in [0, 0.05) is 24.2 Å². The summed E-state index contributed by atoms with van der Waals surface area (Å²) in [7, 11) is 0. The minimum atomic E-state index is -0.443. The van der Waals surface area contributed by atoms with Gasteiger partial charge in [-0.15, -0.1) is 0 Å². The molecule has 3 heterocycles. The standard InChI is InChI=1S/C18H20FN5O/c1-2-3-4-6-22-18(25)17-16-12(5-7-21-16)8-15(24-17)23-14-9-13(19)10-20-11-14/h5,7-11,21H,2-4,6H2,1H3,(H,22,25)(H,23,24). The van der Waals surface area contributed by atoms with Gasteiger partial charge in [-0.05, 0) is 18.6 Å². The molecule has 0 aromatic carbocycles. The Morgan fingerprint density at radius 3 is 2.96 bits per heavy atom. The van der Waals surface area contributed by atoms with Gasteiger partial charge in [0.15, 0.2) is 5.69 Å². The Kier molecular flexibility index (Phi) is 5.23. The maximum atomic E-state index is 13.3. The van der Waals surface area contributed by atoms with E-state index in [1.807, 2.05) is 6.07 Å². The highest BCUT2D eigenvalue weighted by molar-refractivity contribution is 6.04. The van der Waals surface area contributed by atoms with E-state index < -0.39 is 5.82 Å². The lowest BCUT2D eigenvalue weighted by molar-refractivity contribution is 0.0950. The summed E-state index contributed by atoms with van der Waals surface area (Å²) >= 11 is 0. The number of amides is 1. The molecule has 0 atom stereocenters. The van der Waals surface area contributed by atoms with Crippen LogP contribution < -0.4 is 10.6 Å². The molecule has 3 aromatic rings. The lowest BCUT2D eigenvalue weighted by Gasteiger charge is -2.10. The van der Waals surface area contributed by atoms with Crippen LogP contribution in [0.1, 0.15) is 36.7 Å². The Labute approximate surface area is 144 Å². The predicted octanol–water partition coefficient (Wildman–Crippen LogP) is 3.76. The summed E-state index contributed by atoms with van der Waals surface area (Å²) in [6.07, 6.45) is 7.48. The summed E-state index contributed by atoms with van der Waals surface area (Å²) in [6.45, 7) is 2.73. The van der Waals surface area contributed by atoms with Crippen LogP contribution in [0.25, 0.3) is 10.9 Å². The van der Waals surface area contributed by atoms with Crippen molar-refractivity contribution in [2.24, 2.45) is 0 Å². The number of hydrogen-bond donors (Lipinski definition) is 3. The van der Waals surface area contributed by atoms with E-state index in [1.54, 1.807) is 12.3 Å². The van der Waals surface area contributed by atoms with E-state index >= 15 is 0 Å². The van der Waals surface area contributed by atoms with E-state index in [4.69, 9.17) is 0 Å². The predicted molar refractivity (Wildman–Crippen MR) is 95.4 cm³/mol. The van der Waals surface area contributed by atoms with Crippen molar-refractivity contribution < 1.29 is 9.18 Å². The van der Waals surface area contributed by atoms with Gasteiger partial charge in [0.05, 0.1) is 23.6 Å². The Morgan fingerprint density at radius 2 is 2.16 bits per heavy atom. The van der Waals surface area contributed by atoms with Crippen molar-refractivity contribution in [3.05, 3.63) is 48.3 Å². The SMILES string of the molecule is CCCCCNC(=O)c1nc(Nc2cncc(F)c2)cc2cc[nH]c12. The first-order valence-corrected chi connectivity index (χ1v) is 8.31. The molecule has 0 aliphatic rings. The number of anilines is 2. The maximum Gasteiger partial charge on any atom is 0.272 e. The van der Waals surface area contributed by atoms with Crippen LogP contribution >= 0.6 is 0 Å². The number of pyridine rings is 2. The van der Waals surface area contributed by atoms with E-state index in [0.29, 0.717) is 29.3 Å². The average Bonchev–Trinajstić information content (AvgIpc) is 3.06. The number of unbranched alkanes of at least 4 members (excludes halogenated alkanes) is 2. The molecule has 0 spiro atoms. The number of H-pyrrole nitrogens is 1. The monoisotopic (exact) mass is 341 g/mol. The molecule has 6 nitrogen and oxygen atoms in total. The zero-order valence-corrected chi connectivity index (χ0v) is 14.0. The molecule has 0 bridgehead atoms. The van der Waals surface area contributed by atoms with Gasteiger partial charge in [-0.25, -0.2) is 9.37 Å². The quantitative estimate of drug-likeness (QED) is 0.571. The number of nitrogens with one attached hydrogen (secondary N) is 3. The third kappa shape index (κ3) is 4.12. The molecule has 0 unspecified atom stereocenters. The molecule has 130 valence electrons. The number of aromatic amines is 1. The molecular weight excluding hydrogens is 321 g/mol. The highest BCUT2D eigenvalue weighted by atomic mass is 19.1. The van der Waals surface area contributed by atoms with Crippen LogP contribution in [0.4, 0.5) is 15.9 Å². The van der Waals surface area contributed by atoms with Crippen LogP contribution in [-0.2, 0) is 0 Å². The largest absolute Gasteiger partial charge is 0.359 e. The van der Waals surface area contributed by atoms with Crippen molar-refractivity contribution in [2.45, 2.75) is 26.2 Å². The van der Waals surface area contributed by atoms with E-state index in [9.17, 15) is 9.18 Å². The van der Waals surface area contributed by atoms with Crippen molar-refractivity contribution >= 4 is 28.3 Å². The number of rotatable bonds is 7. The van der Waals surface area contributed by atoms with Gasteiger partial charge in [0.1, 0.15) is 11.6 Å². The first-order chi connectivity index (χ1) is 12.2. The maximum absolute atomic E-state index is 13.3. The van der Waals surface area contributed by atoms with Crippen LogP contribution in [0.3, 0.4) is 0 Å². The van der Waals surface area contributed by atoms with E-state index in [2.05, 4.69) is 32.5 Å². The third-order valence-corrected chi connectivity index (χ3v) is 3.80. The van der Waals surface area contributed by atoms with Crippen LogP contribution in [0.5, 0.6) is 0 Å². The highest BCUT2D eigenvalue weighted by Crippen LogP contribution is 2.22. The average molecular weight is 341 g/mol. The number of hydrogen-bond acceptors (Lipinski definition) is 4. The lowest BCUT2D eigenvalue weighted by atomic mass is 10.2. The van der Waals surface area contributed by atoms with Crippen molar-refractivity contribution in [1.29, 1.82) is 0 Å². The molecule has 0 aliphatic heterocycles. The highest BCUT2D eigenvalue weighted by Gasteiger charge is 2.14. The molecule has 3 N–H and O–H groups in total. The summed E-state index contributed by atoms with van der Waals surface area (Å²) in [4.78, 5) is 23.7. The fraction of sp³-hybridized carbons (Fsp3) is 0.278. The van der Waals surface area contributed by atoms with Crippen molar-refractivity contribution in [1.82, 2.24) is 20.3 Å². The Morgan fingerprint density at radius 1 is 1.28 bits per heavy atom. The van der Waals surface area contributed by atoms with Crippen LogP contribution in [0.15, 0.2) is 36.8 Å². The second kappa shape index (κ2) is 7.74. The Bertz CT molecular complexity index is 877. The molecule has 0 fully saturated rings. The first kappa shape index (κ1) is 16.9. The fourth-order valence-electron chi connectivity index (χ4n) is 2.58. The van der Waals surface area contributed by atoms with E-state index in [1.165, 1.54) is 12.3 Å².